The average Bonchev–Trinajstić information content (AvgIpc) is 2.92. The van der Waals surface area contributed by atoms with E-state index < -0.39 is 5.82 Å². The minimum Gasteiger partial charge on any atom is -0.488 e. The lowest BCUT2D eigenvalue weighted by Crippen LogP contribution is -2.11. The predicted octanol–water partition coefficient (Wildman–Crippen LogP) is 2.29. The van der Waals surface area contributed by atoms with Gasteiger partial charge >= 0.3 is 0 Å². The normalized spacial score (nSPS) is 10.9. The van der Waals surface area contributed by atoms with Gasteiger partial charge in [0.15, 0.2) is 11.6 Å². The number of aromatic nitrogens is 3. The van der Waals surface area contributed by atoms with Gasteiger partial charge < -0.3 is 15.8 Å². The molecular weight excluding hydrogens is 273 g/mol. The van der Waals surface area contributed by atoms with E-state index in [9.17, 15) is 4.39 Å². The average molecular weight is 293 g/mol. The SMILES string of the molecule is CC(C)Oc1cc(NCCCn2ccnn2)c(N)cc1F. The van der Waals surface area contributed by atoms with E-state index in [1.165, 1.54) is 6.07 Å². The predicted molar refractivity (Wildman–Crippen MR) is 79.7 cm³/mol. The Morgan fingerprint density at radius 1 is 1.43 bits per heavy atom. The van der Waals surface area contributed by atoms with Crippen molar-refractivity contribution >= 4 is 11.4 Å². The van der Waals surface area contributed by atoms with Gasteiger partial charge in [-0.3, -0.25) is 4.68 Å². The lowest BCUT2D eigenvalue weighted by atomic mass is 10.2. The van der Waals surface area contributed by atoms with Crippen molar-refractivity contribution in [3.05, 3.63) is 30.3 Å². The van der Waals surface area contributed by atoms with Crippen LogP contribution in [0.3, 0.4) is 0 Å². The number of nitrogens with zero attached hydrogens (tertiary/aromatic N) is 3. The van der Waals surface area contributed by atoms with Gasteiger partial charge in [0, 0.05) is 31.4 Å². The molecule has 21 heavy (non-hydrogen) atoms. The summed E-state index contributed by atoms with van der Waals surface area (Å²) in [6.07, 6.45) is 4.20. The summed E-state index contributed by atoms with van der Waals surface area (Å²) >= 11 is 0. The van der Waals surface area contributed by atoms with Gasteiger partial charge in [-0.2, -0.15) is 0 Å². The van der Waals surface area contributed by atoms with E-state index in [1.807, 2.05) is 13.8 Å². The molecule has 0 saturated heterocycles. The standard InChI is InChI=1S/C14H20FN5O/c1-10(2)21-14-9-13(12(16)8-11(14)15)17-4-3-6-20-7-5-18-19-20/h5,7-10,17H,3-4,6,16H2,1-2H3. The highest BCUT2D eigenvalue weighted by Gasteiger charge is 2.10. The molecule has 0 spiro atoms. The summed E-state index contributed by atoms with van der Waals surface area (Å²) in [5, 5.41) is 10.8. The number of ether oxygens (including phenoxy) is 1. The largest absolute Gasteiger partial charge is 0.488 e. The maximum atomic E-state index is 13.7. The van der Waals surface area contributed by atoms with Crippen LogP contribution in [0.4, 0.5) is 15.8 Å². The number of hydrogen-bond acceptors (Lipinski definition) is 5. The minimum atomic E-state index is -0.450. The lowest BCUT2D eigenvalue weighted by molar-refractivity contribution is 0.231. The first-order valence-electron chi connectivity index (χ1n) is 6.90. The summed E-state index contributed by atoms with van der Waals surface area (Å²) < 4.78 is 20.9. The molecule has 7 heteroatoms. The fourth-order valence-corrected chi connectivity index (χ4v) is 1.88. The van der Waals surface area contributed by atoms with Crippen LogP contribution >= 0.6 is 0 Å². The molecule has 0 bridgehead atoms. The van der Waals surface area contributed by atoms with Crippen LogP contribution in [0.5, 0.6) is 5.75 Å². The third kappa shape index (κ3) is 4.34. The van der Waals surface area contributed by atoms with Gasteiger partial charge in [-0.1, -0.05) is 5.21 Å². The first kappa shape index (κ1) is 15.1. The zero-order valence-electron chi connectivity index (χ0n) is 12.2. The molecule has 6 nitrogen and oxygen atoms in total. The van der Waals surface area contributed by atoms with Crippen molar-refractivity contribution < 1.29 is 9.13 Å². The van der Waals surface area contributed by atoms with Gasteiger partial charge in [-0.05, 0) is 20.3 Å². The molecule has 0 radical (unpaired) electrons. The van der Waals surface area contributed by atoms with Crippen LogP contribution in [-0.2, 0) is 6.54 Å². The molecule has 0 saturated carbocycles. The van der Waals surface area contributed by atoms with Gasteiger partial charge in [-0.15, -0.1) is 5.10 Å². The molecule has 0 atom stereocenters. The fraction of sp³-hybridized carbons (Fsp3) is 0.429. The highest BCUT2D eigenvalue weighted by atomic mass is 19.1. The van der Waals surface area contributed by atoms with Gasteiger partial charge in [0.1, 0.15) is 0 Å². The van der Waals surface area contributed by atoms with Crippen molar-refractivity contribution in [1.29, 1.82) is 0 Å². The summed E-state index contributed by atoms with van der Waals surface area (Å²) in [5.74, 6) is -0.243. The topological polar surface area (TPSA) is 78.0 Å². The molecule has 0 amide bonds. The zero-order valence-corrected chi connectivity index (χ0v) is 12.2. The molecule has 0 aliphatic rings. The third-order valence-electron chi connectivity index (χ3n) is 2.82. The Balaban J connectivity index is 1.92. The molecule has 1 aromatic carbocycles. The number of nitrogen functional groups attached to an aromatic ring is 1. The Hall–Kier alpha value is -2.31. The van der Waals surface area contributed by atoms with Crippen molar-refractivity contribution in [3.63, 3.8) is 0 Å². The smallest absolute Gasteiger partial charge is 0.167 e. The van der Waals surface area contributed by atoms with Crippen molar-refractivity contribution in [1.82, 2.24) is 15.0 Å². The number of nitrogens with two attached hydrogens (primary N) is 1. The van der Waals surface area contributed by atoms with E-state index in [0.29, 0.717) is 17.9 Å². The van der Waals surface area contributed by atoms with Crippen LogP contribution in [0.25, 0.3) is 0 Å². The van der Waals surface area contributed by atoms with E-state index in [2.05, 4.69) is 15.6 Å². The number of benzene rings is 1. The molecule has 2 aromatic rings. The van der Waals surface area contributed by atoms with Crippen LogP contribution in [-0.4, -0.2) is 27.6 Å². The Morgan fingerprint density at radius 3 is 2.90 bits per heavy atom. The molecule has 1 heterocycles. The van der Waals surface area contributed by atoms with Crippen LogP contribution in [0, 0.1) is 5.82 Å². The number of nitrogens with one attached hydrogen (secondary N) is 1. The first-order chi connectivity index (χ1) is 10.1. The number of rotatable bonds is 7. The van der Waals surface area contributed by atoms with Gasteiger partial charge in [0.2, 0.25) is 0 Å². The summed E-state index contributed by atoms with van der Waals surface area (Å²) in [4.78, 5) is 0. The van der Waals surface area contributed by atoms with E-state index in [1.54, 1.807) is 23.1 Å². The molecule has 0 aliphatic carbocycles. The third-order valence-corrected chi connectivity index (χ3v) is 2.82. The Labute approximate surface area is 123 Å². The second-order valence-electron chi connectivity index (χ2n) is 4.98. The number of halogens is 1. The highest BCUT2D eigenvalue weighted by Crippen LogP contribution is 2.28. The van der Waals surface area contributed by atoms with Gasteiger partial charge in [0.05, 0.1) is 23.7 Å². The summed E-state index contributed by atoms with van der Waals surface area (Å²) in [5.41, 5.74) is 6.85. The van der Waals surface area contributed by atoms with Crippen LogP contribution in [0.15, 0.2) is 24.5 Å². The van der Waals surface area contributed by atoms with Crippen molar-refractivity contribution in [2.75, 3.05) is 17.6 Å². The second-order valence-corrected chi connectivity index (χ2v) is 4.98. The Morgan fingerprint density at radius 2 is 2.24 bits per heavy atom. The van der Waals surface area contributed by atoms with Crippen molar-refractivity contribution in [2.24, 2.45) is 0 Å². The lowest BCUT2D eigenvalue weighted by Gasteiger charge is -2.15. The number of aryl methyl sites for hydroxylation is 1. The Bertz CT molecular complexity index is 571. The van der Waals surface area contributed by atoms with Gasteiger partial charge in [-0.25, -0.2) is 4.39 Å². The number of hydrogen-bond donors (Lipinski definition) is 2. The molecule has 1 aromatic heterocycles. The zero-order chi connectivity index (χ0) is 15.2. The van der Waals surface area contributed by atoms with E-state index in [0.717, 1.165) is 13.0 Å². The molecule has 0 aliphatic heterocycles. The maximum Gasteiger partial charge on any atom is 0.167 e. The van der Waals surface area contributed by atoms with E-state index in [-0.39, 0.29) is 11.9 Å². The highest BCUT2D eigenvalue weighted by molar-refractivity contribution is 5.68. The maximum absolute atomic E-state index is 13.7. The van der Waals surface area contributed by atoms with Crippen LogP contribution in [0.2, 0.25) is 0 Å². The quantitative estimate of drug-likeness (QED) is 0.605. The Kier molecular flexibility index (Phi) is 4.97. The second kappa shape index (κ2) is 6.92. The minimum absolute atomic E-state index is 0.0942. The summed E-state index contributed by atoms with van der Waals surface area (Å²) in [7, 11) is 0. The molecular formula is C14H20FN5O. The first-order valence-corrected chi connectivity index (χ1v) is 6.90. The molecule has 0 unspecified atom stereocenters. The summed E-state index contributed by atoms with van der Waals surface area (Å²) in [6.45, 7) is 5.14. The van der Waals surface area contributed by atoms with Crippen LogP contribution in [0.1, 0.15) is 20.3 Å². The fourth-order valence-electron chi connectivity index (χ4n) is 1.88. The van der Waals surface area contributed by atoms with E-state index >= 15 is 0 Å². The van der Waals surface area contributed by atoms with Crippen LogP contribution < -0.4 is 15.8 Å². The van der Waals surface area contributed by atoms with Crippen molar-refractivity contribution in [2.45, 2.75) is 32.9 Å². The molecule has 114 valence electrons. The van der Waals surface area contributed by atoms with Gasteiger partial charge in [0.25, 0.3) is 0 Å². The van der Waals surface area contributed by atoms with E-state index in [4.69, 9.17) is 10.5 Å². The monoisotopic (exact) mass is 293 g/mol. The molecule has 0 fully saturated rings. The molecule has 3 N–H and O–H groups in total. The molecule has 2 rings (SSSR count). The van der Waals surface area contributed by atoms with Crippen molar-refractivity contribution in [3.8, 4) is 5.75 Å². The number of anilines is 2. The summed E-state index contributed by atoms with van der Waals surface area (Å²) in [6, 6.07) is 2.87.